The first kappa shape index (κ1) is 21.0. The number of nitrogen functional groups attached to an aromatic ring is 1. The van der Waals surface area contributed by atoms with E-state index < -0.39 is 0 Å². The number of carbonyl (C=O) groups excluding carboxylic acids is 3. The first-order valence-corrected chi connectivity index (χ1v) is 12.1. The van der Waals surface area contributed by atoms with Gasteiger partial charge in [0.15, 0.2) is 5.69 Å². The fraction of sp³-hybridized carbons (Fsp3) is 0.545. The van der Waals surface area contributed by atoms with Gasteiger partial charge in [0.1, 0.15) is 10.8 Å². The maximum Gasteiger partial charge on any atom is 0.273 e. The third-order valence-electron chi connectivity index (χ3n) is 6.56. The van der Waals surface area contributed by atoms with Crippen LogP contribution >= 0.6 is 11.3 Å². The second kappa shape index (κ2) is 8.23. The van der Waals surface area contributed by atoms with Crippen molar-refractivity contribution in [1.82, 2.24) is 20.2 Å². The molecular formula is C22H28N6O3S. The predicted octanol–water partition coefficient (Wildman–Crippen LogP) is 2.10. The highest BCUT2D eigenvalue weighted by Crippen LogP contribution is 2.42. The Hall–Kier alpha value is -2.88. The average molecular weight is 457 g/mol. The molecular weight excluding hydrogens is 428 g/mol. The fourth-order valence-corrected chi connectivity index (χ4v) is 5.54. The summed E-state index contributed by atoms with van der Waals surface area (Å²) in [6.45, 7) is 0.673. The number of nitrogens with zero attached hydrogens (tertiary/aromatic N) is 2. The summed E-state index contributed by atoms with van der Waals surface area (Å²) in [5.74, 6) is 0.530. The maximum absolute atomic E-state index is 13.2. The lowest BCUT2D eigenvalue weighted by Gasteiger charge is -2.25. The van der Waals surface area contributed by atoms with E-state index >= 15 is 0 Å². The quantitative estimate of drug-likeness (QED) is 0.507. The lowest BCUT2D eigenvalue weighted by atomic mass is 9.91. The van der Waals surface area contributed by atoms with Crippen molar-refractivity contribution in [2.75, 3.05) is 24.6 Å². The molecule has 3 aliphatic carbocycles. The number of amides is 3. The average Bonchev–Trinajstić information content (AvgIpc) is 3.71. The van der Waals surface area contributed by atoms with Crippen molar-refractivity contribution in [1.29, 1.82) is 0 Å². The third kappa shape index (κ3) is 3.99. The Kier molecular flexibility index (Phi) is 5.40. The summed E-state index contributed by atoms with van der Waals surface area (Å²) < 4.78 is 1.83. The number of anilines is 2. The van der Waals surface area contributed by atoms with E-state index in [2.05, 4.69) is 20.9 Å². The van der Waals surface area contributed by atoms with Crippen molar-refractivity contribution in [2.24, 2.45) is 11.8 Å². The second-order valence-electron chi connectivity index (χ2n) is 8.99. The lowest BCUT2D eigenvalue weighted by Crippen LogP contribution is -2.29. The molecule has 2 fully saturated rings. The van der Waals surface area contributed by atoms with E-state index in [-0.39, 0.29) is 35.4 Å². The van der Waals surface area contributed by atoms with Gasteiger partial charge in [-0.25, -0.2) is 4.98 Å². The van der Waals surface area contributed by atoms with Gasteiger partial charge in [0, 0.05) is 30.4 Å². The number of nitrogens with one attached hydrogen (secondary N) is 3. The molecule has 0 aromatic carbocycles. The van der Waals surface area contributed by atoms with Gasteiger partial charge in [0.2, 0.25) is 5.91 Å². The molecule has 2 aromatic heterocycles. The van der Waals surface area contributed by atoms with Crippen LogP contribution in [0.2, 0.25) is 0 Å². The largest absolute Gasteiger partial charge is 0.383 e. The molecule has 0 bridgehead atoms. The molecule has 0 unspecified atom stereocenters. The molecule has 0 aliphatic heterocycles. The molecule has 3 amide bonds. The molecule has 0 radical (unpaired) electrons. The van der Waals surface area contributed by atoms with Crippen LogP contribution in [0.3, 0.4) is 0 Å². The molecule has 1 atom stereocenters. The molecule has 10 heteroatoms. The van der Waals surface area contributed by atoms with Gasteiger partial charge >= 0.3 is 0 Å². The Morgan fingerprint density at radius 2 is 1.97 bits per heavy atom. The van der Waals surface area contributed by atoms with Crippen LogP contribution in [-0.2, 0) is 17.6 Å². The summed E-state index contributed by atoms with van der Waals surface area (Å²) in [4.78, 5) is 43.0. The van der Waals surface area contributed by atoms with Crippen molar-refractivity contribution < 1.29 is 14.4 Å². The number of fused-ring (bicyclic) bond motifs is 1. The first-order chi connectivity index (χ1) is 15.5. The smallest absolute Gasteiger partial charge is 0.273 e. The van der Waals surface area contributed by atoms with E-state index in [0.717, 1.165) is 49.0 Å². The minimum atomic E-state index is -0.321. The molecule has 170 valence electrons. The van der Waals surface area contributed by atoms with Gasteiger partial charge in [-0.05, 0) is 56.4 Å². The Morgan fingerprint density at radius 1 is 1.19 bits per heavy atom. The summed E-state index contributed by atoms with van der Waals surface area (Å²) in [7, 11) is 1.54. The van der Waals surface area contributed by atoms with Crippen molar-refractivity contribution in [3.8, 4) is 0 Å². The van der Waals surface area contributed by atoms with Crippen LogP contribution < -0.4 is 21.7 Å². The number of aryl methyl sites for hydroxylation is 1. The Balaban J connectivity index is 1.43. The third-order valence-corrected chi connectivity index (χ3v) is 7.77. The van der Waals surface area contributed by atoms with Crippen LogP contribution in [0.5, 0.6) is 0 Å². The van der Waals surface area contributed by atoms with Gasteiger partial charge in [0.05, 0.1) is 11.9 Å². The minimum Gasteiger partial charge on any atom is -0.383 e. The van der Waals surface area contributed by atoms with E-state index in [4.69, 9.17) is 5.73 Å². The van der Waals surface area contributed by atoms with Gasteiger partial charge < -0.3 is 26.3 Å². The lowest BCUT2D eigenvalue weighted by molar-refractivity contribution is -0.117. The van der Waals surface area contributed by atoms with Crippen LogP contribution in [-0.4, -0.2) is 40.9 Å². The topological polar surface area (TPSA) is 131 Å². The van der Waals surface area contributed by atoms with Crippen LogP contribution in [0.25, 0.3) is 0 Å². The summed E-state index contributed by atoms with van der Waals surface area (Å²) in [6.07, 6.45) is 7.94. The molecule has 2 aromatic rings. The number of nitrogens with two attached hydrogens (primary N) is 1. The van der Waals surface area contributed by atoms with Crippen molar-refractivity contribution in [2.45, 2.75) is 51.0 Å². The van der Waals surface area contributed by atoms with E-state index in [9.17, 15) is 14.4 Å². The summed E-state index contributed by atoms with van der Waals surface area (Å²) in [5, 5.41) is 9.31. The number of hydrogen-bond donors (Lipinski definition) is 4. The van der Waals surface area contributed by atoms with Crippen LogP contribution in [0.1, 0.15) is 69.4 Å². The normalized spacial score (nSPS) is 19.8. The Labute approximate surface area is 190 Å². The van der Waals surface area contributed by atoms with Crippen LogP contribution in [0.4, 0.5) is 10.8 Å². The second-order valence-corrected chi connectivity index (χ2v) is 10.1. The molecule has 2 saturated carbocycles. The number of imidazole rings is 1. The van der Waals surface area contributed by atoms with E-state index in [1.807, 2.05) is 4.57 Å². The molecule has 3 aliphatic rings. The fourth-order valence-electron chi connectivity index (χ4n) is 4.29. The molecule has 2 heterocycles. The van der Waals surface area contributed by atoms with Gasteiger partial charge in [-0.15, -0.1) is 11.3 Å². The molecule has 9 nitrogen and oxygen atoms in total. The predicted molar refractivity (Wildman–Crippen MR) is 122 cm³/mol. The monoisotopic (exact) mass is 456 g/mol. The number of hydrogen-bond acceptors (Lipinski definition) is 6. The number of rotatable bonds is 7. The zero-order valence-electron chi connectivity index (χ0n) is 18.1. The van der Waals surface area contributed by atoms with Gasteiger partial charge in [-0.1, -0.05) is 0 Å². The molecule has 0 saturated heterocycles. The zero-order valence-corrected chi connectivity index (χ0v) is 18.9. The highest BCUT2D eigenvalue weighted by molar-refractivity contribution is 7.17. The maximum atomic E-state index is 13.2. The standard InChI is InChI=1S/C22H28N6O3S/c1-24-21(31)17-18(23)28(10-26-17)13-6-7-15-14(8-13)16(20(30)25-9-11-2-3-11)22(32-15)27-19(29)12-4-5-12/h10-13H,2-9,23H2,1H3,(H,24,31)(H,25,30)(H,27,29)/t13-/m0/s1. The van der Waals surface area contributed by atoms with Gasteiger partial charge in [-0.2, -0.15) is 0 Å². The number of carbonyl (C=O) groups is 3. The summed E-state index contributed by atoms with van der Waals surface area (Å²) in [5.41, 5.74) is 8.01. The zero-order chi connectivity index (χ0) is 22.4. The first-order valence-electron chi connectivity index (χ1n) is 11.2. The number of aromatic nitrogens is 2. The van der Waals surface area contributed by atoms with Crippen molar-refractivity contribution >= 4 is 39.9 Å². The van der Waals surface area contributed by atoms with Gasteiger partial charge in [-0.3, -0.25) is 14.4 Å². The molecule has 32 heavy (non-hydrogen) atoms. The Morgan fingerprint density at radius 3 is 2.66 bits per heavy atom. The highest BCUT2D eigenvalue weighted by Gasteiger charge is 2.35. The van der Waals surface area contributed by atoms with E-state index in [1.165, 1.54) is 11.3 Å². The Bertz CT molecular complexity index is 1080. The summed E-state index contributed by atoms with van der Waals surface area (Å²) in [6, 6.07) is -0.00929. The van der Waals surface area contributed by atoms with Crippen molar-refractivity contribution in [3.05, 3.63) is 28.0 Å². The minimum absolute atomic E-state index is 0.00506. The SMILES string of the molecule is CNC(=O)c1ncn([C@H]2CCc3sc(NC(=O)C4CC4)c(C(=O)NCC4CC4)c3C2)c1N. The van der Waals surface area contributed by atoms with E-state index in [1.54, 1.807) is 13.4 Å². The number of thiophene rings is 1. The van der Waals surface area contributed by atoms with E-state index in [0.29, 0.717) is 35.3 Å². The van der Waals surface area contributed by atoms with Gasteiger partial charge in [0.25, 0.3) is 11.8 Å². The molecule has 0 spiro atoms. The highest BCUT2D eigenvalue weighted by atomic mass is 32.1. The van der Waals surface area contributed by atoms with Crippen LogP contribution in [0, 0.1) is 11.8 Å². The summed E-state index contributed by atoms with van der Waals surface area (Å²) >= 11 is 1.52. The van der Waals surface area contributed by atoms with Crippen LogP contribution in [0.15, 0.2) is 6.33 Å². The molecule has 5 rings (SSSR count). The van der Waals surface area contributed by atoms with Crippen molar-refractivity contribution in [3.63, 3.8) is 0 Å². The molecule has 5 N–H and O–H groups in total.